The van der Waals surface area contributed by atoms with Crippen molar-refractivity contribution in [2.24, 2.45) is 0 Å². The number of nitrogens with zero attached hydrogens (tertiary/aromatic N) is 3. The van der Waals surface area contributed by atoms with Gasteiger partial charge in [-0.2, -0.15) is 5.10 Å². The Morgan fingerprint density at radius 2 is 2.04 bits per heavy atom. The number of carbonyl (C=O) groups is 1. The second kappa shape index (κ2) is 6.80. The fourth-order valence-electron chi connectivity index (χ4n) is 2.22. The van der Waals surface area contributed by atoms with Crippen molar-refractivity contribution in [3.05, 3.63) is 45.8 Å². The molecular weight excluding hydrogens is 426 g/mol. The Kier molecular flexibility index (Phi) is 4.77. The minimum atomic E-state index is -0.345. The molecule has 1 atom stereocenters. The lowest BCUT2D eigenvalue weighted by atomic mass is 10.2. The third-order valence-electron chi connectivity index (χ3n) is 3.32. The molecule has 0 fully saturated rings. The molecule has 0 aliphatic carbocycles. The molecule has 0 aliphatic rings. The Bertz CT molecular complexity index is 864. The first-order valence-corrected chi connectivity index (χ1v) is 9.33. The van der Waals surface area contributed by atoms with Crippen molar-refractivity contribution in [1.82, 2.24) is 14.5 Å². The normalized spacial score (nSPS) is 11.3. The predicted molar refractivity (Wildman–Crippen MR) is 101 cm³/mol. The summed E-state index contributed by atoms with van der Waals surface area (Å²) < 4.78 is 7.52. The van der Waals surface area contributed by atoms with Crippen molar-refractivity contribution >= 4 is 59.7 Å². The molecule has 1 unspecified atom stereocenters. The summed E-state index contributed by atoms with van der Waals surface area (Å²) >= 11 is 2.22. The van der Waals surface area contributed by atoms with Crippen molar-refractivity contribution in [2.45, 2.75) is 0 Å². The van der Waals surface area contributed by atoms with Crippen LogP contribution in [0.5, 0.6) is 0 Å². The minimum Gasteiger partial charge on any atom is -0.465 e. The molecule has 2 aromatic heterocycles. The number of ether oxygens (including phenoxy) is 1. The van der Waals surface area contributed by atoms with Crippen LogP contribution in [0.4, 0.5) is 11.4 Å². The minimum absolute atomic E-state index is 0.345. The summed E-state index contributed by atoms with van der Waals surface area (Å²) in [5.74, 6) is -0.345. The summed E-state index contributed by atoms with van der Waals surface area (Å²) in [7, 11) is 1.89. The number of esters is 1. The molecule has 6 nitrogen and oxygen atoms in total. The van der Waals surface area contributed by atoms with Crippen LogP contribution in [0.3, 0.4) is 0 Å². The first kappa shape index (κ1) is 16.1. The molecular formula is C15H14IN4O2P. The fraction of sp³-hybridized carbons (Fsp3) is 0.133. The zero-order chi connectivity index (χ0) is 16.4. The van der Waals surface area contributed by atoms with E-state index in [1.54, 1.807) is 18.3 Å². The van der Waals surface area contributed by atoms with Gasteiger partial charge in [-0.3, -0.25) is 0 Å². The third-order valence-corrected chi connectivity index (χ3v) is 4.81. The number of fused-ring (bicyclic) bond motifs is 1. The highest BCUT2D eigenvalue weighted by atomic mass is 127. The predicted octanol–water partition coefficient (Wildman–Crippen LogP) is 3.64. The molecule has 0 spiro atoms. The molecule has 23 heavy (non-hydrogen) atoms. The van der Waals surface area contributed by atoms with Gasteiger partial charge >= 0.3 is 5.97 Å². The number of aromatic nitrogens is 3. The fourth-order valence-corrected chi connectivity index (χ4v) is 3.76. The molecule has 0 amide bonds. The van der Waals surface area contributed by atoms with E-state index in [0.29, 0.717) is 14.3 Å². The number of rotatable bonds is 4. The molecule has 2 heterocycles. The van der Waals surface area contributed by atoms with E-state index in [9.17, 15) is 4.79 Å². The van der Waals surface area contributed by atoms with Crippen molar-refractivity contribution in [1.29, 1.82) is 0 Å². The molecule has 1 N–H and O–H groups in total. The summed E-state index contributed by atoms with van der Waals surface area (Å²) in [6.07, 6.45) is 1.77. The van der Waals surface area contributed by atoms with E-state index in [-0.39, 0.29) is 5.97 Å². The summed E-state index contributed by atoms with van der Waals surface area (Å²) in [5, 5.41) is 8.87. The van der Waals surface area contributed by atoms with Crippen molar-refractivity contribution in [3.8, 4) is 0 Å². The van der Waals surface area contributed by atoms with Gasteiger partial charge in [-0.25, -0.2) is 14.2 Å². The maximum absolute atomic E-state index is 11.5. The average Bonchev–Trinajstić information content (AvgIpc) is 2.92. The lowest BCUT2D eigenvalue weighted by molar-refractivity contribution is 0.0601. The Hall–Kier alpha value is -1.73. The van der Waals surface area contributed by atoms with E-state index in [2.05, 4.69) is 44.7 Å². The van der Waals surface area contributed by atoms with Crippen LogP contribution in [0.15, 0.2) is 36.5 Å². The Balaban J connectivity index is 1.95. The molecule has 3 rings (SSSR count). The maximum atomic E-state index is 11.5. The number of pyridine rings is 1. The number of carbonyl (C=O) groups excluding carboxylic acids is 1. The zero-order valence-electron chi connectivity index (χ0n) is 12.5. The number of benzene rings is 1. The van der Waals surface area contributed by atoms with Crippen LogP contribution >= 0.6 is 31.3 Å². The van der Waals surface area contributed by atoms with E-state index in [0.717, 1.165) is 26.1 Å². The number of halogens is 1. The topological polar surface area (TPSA) is 69.0 Å². The van der Waals surface area contributed by atoms with Crippen LogP contribution in [0, 0.1) is 3.70 Å². The molecule has 3 aromatic rings. The van der Waals surface area contributed by atoms with E-state index in [1.165, 1.54) is 7.11 Å². The van der Waals surface area contributed by atoms with Crippen LogP contribution in [-0.4, -0.2) is 34.3 Å². The van der Waals surface area contributed by atoms with Gasteiger partial charge in [0.25, 0.3) is 0 Å². The highest BCUT2D eigenvalue weighted by Crippen LogP contribution is 2.31. The van der Waals surface area contributed by atoms with Gasteiger partial charge in [-0.15, -0.1) is 0 Å². The smallest absolute Gasteiger partial charge is 0.337 e. The van der Waals surface area contributed by atoms with Gasteiger partial charge in [-0.1, -0.05) is 0 Å². The van der Waals surface area contributed by atoms with Gasteiger partial charge in [0.2, 0.25) is 0 Å². The number of anilines is 2. The second-order valence-corrected chi connectivity index (χ2v) is 6.57. The number of nitrogens with one attached hydrogen (secondary N) is 1. The summed E-state index contributed by atoms with van der Waals surface area (Å²) in [6, 6.07) is 9.07. The van der Waals surface area contributed by atoms with Gasteiger partial charge in [-0.05, 0) is 59.6 Å². The Morgan fingerprint density at radius 1 is 1.30 bits per heavy atom. The first-order valence-electron chi connectivity index (χ1n) is 6.80. The molecule has 118 valence electrons. The molecule has 0 saturated carbocycles. The van der Waals surface area contributed by atoms with Crippen LogP contribution in [0.1, 0.15) is 10.4 Å². The summed E-state index contributed by atoms with van der Waals surface area (Å²) in [4.78, 5) is 15.9. The highest BCUT2D eigenvalue weighted by Gasteiger charge is 2.13. The lowest BCUT2D eigenvalue weighted by Crippen LogP contribution is -2.01. The van der Waals surface area contributed by atoms with Crippen LogP contribution in [0.25, 0.3) is 11.0 Å². The molecule has 0 bridgehead atoms. The number of methoxy groups -OCH3 is 1. The maximum Gasteiger partial charge on any atom is 0.337 e. The van der Waals surface area contributed by atoms with Crippen molar-refractivity contribution < 1.29 is 9.53 Å². The van der Waals surface area contributed by atoms with Crippen molar-refractivity contribution in [2.75, 3.05) is 19.1 Å². The quantitative estimate of drug-likeness (QED) is 0.381. The highest BCUT2D eigenvalue weighted by molar-refractivity contribution is 14.1. The number of hydrogen-bond acceptors (Lipinski definition) is 5. The van der Waals surface area contributed by atoms with E-state index < -0.39 is 0 Å². The molecule has 1 aromatic carbocycles. The monoisotopic (exact) mass is 440 g/mol. The second-order valence-electron chi connectivity index (χ2n) is 4.68. The van der Waals surface area contributed by atoms with Gasteiger partial charge in [0.1, 0.15) is 3.70 Å². The summed E-state index contributed by atoms with van der Waals surface area (Å²) in [6.45, 7) is 2.07. The molecule has 0 aliphatic heterocycles. The Morgan fingerprint density at radius 3 is 2.70 bits per heavy atom. The van der Waals surface area contributed by atoms with E-state index >= 15 is 0 Å². The molecule has 0 saturated heterocycles. The van der Waals surface area contributed by atoms with Gasteiger partial charge in [0, 0.05) is 20.6 Å². The average molecular weight is 440 g/mol. The van der Waals surface area contributed by atoms with Gasteiger partial charge in [0.05, 0.1) is 23.7 Å². The largest absolute Gasteiger partial charge is 0.465 e. The molecule has 0 radical (unpaired) electrons. The van der Waals surface area contributed by atoms with Crippen molar-refractivity contribution in [3.63, 3.8) is 0 Å². The van der Waals surface area contributed by atoms with Gasteiger partial charge in [0.15, 0.2) is 5.65 Å². The molecule has 8 heteroatoms. The Labute approximate surface area is 148 Å². The van der Waals surface area contributed by atoms with Crippen LogP contribution in [0.2, 0.25) is 0 Å². The zero-order valence-corrected chi connectivity index (χ0v) is 15.7. The standard InChI is InChI=1S/C15H14IN4O2P/c1-22-15(21)9-3-5-10(6-4-9)18-11-7-8-17-14-12(11)13(16)19-20(14)23-2/h3-8,23H,1-2H3,(H,17,18). The summed E-state index contributed by atoms with van der Waals surface area (Å²) in [5.41, 5.74) is 3.21. The van der Waals surface area contributed by atoms with E-state index in [1.807, 2.05) is 22.7 Å². The third kappa shape index (κ3) is 3.16. The van der Waals surface area contributed by atoms with Crippen LogP contribution < -0.4 is 5.32 Å². The SMILES string of the molecule is COC(=O)c1ccc(Nc2ccnc3c2c(I)nn3PC)cc1. The first-order chi connectivity index (χ1) is 11.1. The van der Waals surface area contributed by atoms with Gasteiger partial charge < -0.3 is 10.1 Å². The lowest BCUT2D eigenvalue weighted by Gasteiger charge is -2.08. The van der Waals surface area contributed by atoms with E-state index in [4.69, 9.17) is 4.74 Å². The number of hydrogen-bond donors (Lipinski definition) is 1. The van der Waals surface area contributed by atoms with Crippen LogP contribution in [-0.2, 0) is 4.74 Å².